The Labute approximate surface area is 256 Å². The summed E-state index contributed by atoms with van der Waals surface area (Å²) < 4.78 is 43.1. The Morgan fingerprint density at radius 1 is 0.714 bits per heavy atom. The van der Waals surface area contributed by atoms with Crippen LogP contribution in [-0.2, 0) is 14.0 Å². The van der Waals surface area contributed by atoms with Crippen molar-refractivity contribution in [1.29, 1.82) is 0 Å². The molecule has 4 aromatic carbocycles. The van der Waals surface area contributed by atoms with Crippen LogP contribution in [0.25, 0.3) is 0 Å². The Kier molecular flexibility index (Phi) is 10.1. The third-order valence-corrected chi connectivity index (χ3v) is 25.0. The van der Waals surface area contributed by atoms with Crippen LogP contribution in [0, 0.1) is 11.6 Å². The van der Waals surface area contributed by atoms with Gasteiger partial charge in [-0.15, -0.1) is 0 Å². The number of esters is 1. The van der Waals surface area contributed by atoms with Crippen molar-refractivity contribution >= 4 is 56.4 Å². The summed E-state index contributed by atoms with van der Waals surface area (Å²) in [6, 6.07) is 33.3. The zero-order valence-corrected chi connectivity index (χ0v) is 28.6. The summed E-state index contributed by atoms with van der Waals surface area (Å²) in [6.45, 7) is 12.1. The van der Waals surface area contributed by atoms with E-state index in [0.29, 0.717) is 0 Å². The Bertz CT molecular complexity index is 1410. The normalized spacial score (nSPS) is 13.8. The molecule has 0 fully saturated rings. The molecule has 0 saturated carbocycles. The molecule has 0 aliphatic carbocycles. The number of carbonyl (C=O) groups is 1. The number of hydrogen-bond acceptors (Lipinski definition) is 3. The molecule has 0 N–H and O–H groups in total. The molecule has 0 radical (unpaired) electrons. The fraction of sp³-hybridized carbons (Fsp3) is 0.265. The minimum atomic E-state index is -3.30. The Balaban J connectivity index is 1.93. The van der Waals surface area contributed by atoms with E-state index in [2.05, 4.69) is 25.2 Å². The third kappa shape index (κ3) is 7.18. The SMILES string of the molecule is CC(O[Si](c1ccc(F)cc1)(c1ccc(F)cc1)[Si](C)(C)c1ccccc1)C([Se]c1ccccc1)C(=O)OC(C)(C)C. The van der Waals surface area contributed by atoms with Gasteiger partial charge in [0.2, 0.25) is 0 Å². The van der Waals surface area contributed by atoms with Gasteiger partial charge in [0.25, 0.3) is 0 Å². The van der Waals surface area contributed by atoms with Crippen LogP contribution in [0.5, 0.6) is 0 Å². The maximum absolute atomic E-state index is 14.3. The van der Waals surface area contributed by atoms with Gasteiger partial charge in [0, 0.05) is 0 Å². The summed E-state index contributed by atoms with van der Waals surface area (Å²) in [5.74, 6) is -0.988. The van der Waals surface area contributed by atoms with Crippen molar-refractivity contribution in [3.63, 3.8) is 0 Å². The van der Waals surface area contributed by atoms with Gasteiger partial charge < -0.3 is 0 Å². The molecule has 0 aliphatic heterocycles. The van der Waals surface area contributed by atoms with Gasteiger partial charge in [0.1, 0.15) is 0 Å². The maximum atomic E-state index is 14.3. The summed E-state index contributed by atoms with van der Waals surface area (Å²) in [6.07, 6.45) is -0.544. The fourth-order valence-electron chi connectivity index (χ4n) is 5.28. The summed E-state index contributed by atoms with van der Waals surface area (Å²) >= 11 is -0.298. The second-order valence-electron chi connectivity index (χ2n) is 11.9. The minimum absolute atomic E-state index is 0.298. The summed E-state index contributed by atoms with van der Waals surface area (Å²) in [5.41, 5.74) is -0.664. The molecule has 0 heterocycles. The van der Waals surface area contributed by atoms with Crippen molar-refractivity contribution in [2.45, 2.75) is 57.3 Å². The number of benzene rings is 4. The van der Waals surface area contributed by atoms with E-state index in [1.807, 2.05) is 76.2 Å². The van der Waals surface area contributed by atoms with Crippen LogP contribution >= 0.6 is 0 Å². The molecule has 0 spiro atoms. The van der Waals surface area contributed by atoms with E-state index in [9.17, 15) is 13.6 Å². The van der Waals surface area contributed by atoms with Gasteiger partial charge in [-0.1, -0.05) is 0 Å². The predicted octanol–water partition coefficient (Wildman–Crippen LogP) is 5.28. The molecule has 2 unspecified atom stereocenters. The van der Waals surface area contributed by atoms with Crippen LogP contribution in [-0.4, -0.2) is 48.1 Å². The van der Waals surface area contributed by atoms with Crippen LogP contribution in [0.2, 0.25) is 17.9 Å². The second kappa shape index (κ2) is 13.2. The van der Waals surface area contributed by atoms with Gasteiger partial charge >= 0.3 is 257 Å². The van der Waals surface area contributed by atoms with Crippen molar-refractivity contribution < 1.29 is 22.7 Å². The van der Waals surface area contributed by atoms with Gasteiger partial charge in [-0.05, 0) is 0 Å². The van der Waals surface area contributed by atoms with Crippen molar-refractivity contribution in [1.82, 2.24) is 0 Å². The first kappa shape index (κ1) is 32.0. The van der Waals surface area contributed by atoms with Gasteiger partial charge in [-0.25, -0.2) is 0 Å². The summed E-state index contributed by atoms with van der Waals surface area (Å²) in [5, 5.41) is 2.94. The standard InChI is InChI=1S/C34H38F2O3SeSi2/c1-25(32(33(37)38-34(2,3)4)40-28-13-9-7-10-14-28)39-42(30-21-17-26(35)18-22-30,31-23-19-27(36)20-24-31)41(5,6)29-15-11-8-12-16-29/h7-25,32H,1-6H3. The zero-order valence-electron chi connectivity index (χ0n) is 24.9. The summed E-state index contributed by atoms with van der Waals surface area (Å²) in [7, 11) is -5.93. The zero-order chi connectivity index (χ0) is 30.5. The van der Waals surface area contributed by atoms with Crippen LogP contribution in [0.4, 0.5) is 8.78 Å². The monoisotopic (exact) mass is 668 g/mol. The molecule has 2 atom stereocenters. The molecule has 4 aromatic rings. The molecule has 42 heavy (non-hydrogen) atoms. The average Bonchev–Trinajstić information content (AvgIpc) is 2.95. The number of ether oxygens (including phenoxy) is 1. The Hall–Kier alpha value is -2.88. The average molecular weight is 668 g/mol. The van der Waals surface area contributed by atoms with E-state index in [0.717, 1.165) is 14.8 Å². The molecule has 4 rings (SSSR count). The molecule has 0 amide bonds. The fourth-order valence-corrected chi connectivity index (χ4v) is 21.8. The van der Waals surface area contributed by atoms with Crippen LogP contribution < -0.4 is 20.0 Å². The van der Waals surface area contributed by atoms with Crippen molar-refractivity contribution in [2.24, 2.45) is 0 Å². The van der Waals surface area contributed by atoms with E-state index in [1.54, 1.807) is 24.3 Å². The van der Waals surface area contributed by atoms with Gasteiger partial charge in [-0.3, -0.25) is 0 Å². The number of halogens is 2. The van der Waals surface area contributed by atoms with E-state index < -0.39 is 31.9 Å². The van der Waals surface area contributed by atoms with Gasteiger partial charge in [0.05, 0.1) is 0 Å². The molecule has 0 aromatic heterocycles. The number of hydrogen-bond donors (Lipinski definition) is 0. The number of carbonyl (C=O) groups excluding carboxylic acids is 1. The molecule has 0 saturated heterocycles. The Morgan fingerprint density at radius 3 is 1.62 bits per heavy atom. The van der Waals surface area contributed by atoms with E-state index in [4.69, 9.17) is 9.16 Å². The topological polar surface area (TPSA) is 35.5 Å². The van der Waals surface area contributed by atoms with Crippen molar-refractivity contribution in [3.05, 3.63) is 121 Å². The Morgan fingerprint density at radius 2 is 1.17 bits per heavy atom. The van der Waals surface area contributed by atoms with Crippen LogP contribution in [0.1, 0.15) is 27.7 Å². The first-order valence-corrected chi connectivity index (χ1v) is 21.8. The van der Waals surface area contributed by atoms with Crippen LogP contribution in [0.15, 0.2) is 109 Å². The van der Waals surface area contributed by atoms with Gasteiger partial charge in [0.15, 0.2) is 0 Å². The van der Waals surface area contributed by atoms with E-state index >= 15 is 0 Å². The van der Waals surface area contributed by atoms with E-state index in [-0.39, 0.29) is 32.6 Å². The molecule has 220 valence electrons. The first-order valence-electron chi connectivity index (χ1n) is 14.0. The van der Waals surface area contributed by atoms with Crippen molar-refractivity contribution in [2.75, 3.05) is 0 Å². The molecule has 8 heteroatoms. The molecule has 0 bridgehead atoms. The van der Waals surface area contributed by atoms with Gasteiger partial charge in [-0.2, -0.15) is 0 Å². The van der Waals surface area contributed by atoms with Crippen molar-refractivity contribution in [3.8, 4) is 0 Å². The van der Waals surface area contributed by atoms with Crippen LogP contribution in [0.3, 0.4) is 0 Å². The number of rotatable bonds is 10. The molecule has 0 aliphatic rings. The molecular formula is C34H38F2O3SeSi2. The summed E-state index contributed by atoms with van der Waals surface area (Å²) in [4.78, 5) is 13.3. The first-order chi connectivity index (χ1) is 19.8. The second-order valence-corrected chi connectivity index (χ2v) is 26.9. The third-order valence-electron chi connectivity index (χ3n) is 7.31. The molecule has 3 nitrogen and oxygen atoms in total. The predicted molar refractivity (Wildman–Crippen MR) is 173 cm³/mol. The van der Waals surface area contributed by atoms with E-state index in [1.165, 1.54) is 29.5 Å². The quantitative estimate of drug-likeness (QED) is 0.171. The molecular weight excluding hydrogens is 629 g/mol.